The third-order valence-electron chi connectivity index (χ3n) is 3.18. The average Bonchev–Trinajstić information content (AvgIpc) is 3.21. The largest absolute Gasteiger partial charge is 0.493 e. The number of thiophene rings is 1. The van der Waals surface area contributed by atoms with Gasteiger partial charge >= 0.3 is 0 Å². The molecule has 0 aliphatic rings. The van der Waals surface area contributed by atoms with Crippen LogP contribution >= 0.6 is 27.3 Å². The number of ketones is 1. The van der Waals surface area contributed by atoms with Gasteiger partial charge in [0.1, 0.15) is 0 Å². The zero-order valence-corrected chi connectivity index (χ0v) is 15.3. The Hall–Kier alpha value is -2.19. The molecule has 3 rings (SSSR count). The van der Waals surface area contributed by atoms with Crippen molar-refractivity contribution in [2.75, 3.05) is 7.11 Å². The van der Waals surface area contributed by atoms with Crippen molar-refractivity contribution >= 4 is 33.0 Å². The highest BCUT2D eigenvalue weighted by Gasteiger charge is 2.13. The van der Waals surface area contributed by atoms with Crippen molar-refractivity contribution in [2.45, 2.75) is 13.5 Å². The van der Waals surface area contributed by atoms with Crippen LogP contribution in [0.4, 0.5) is 0 Å². The van der Waals surface area contributed by atoms with Crippen molar-refractivity contribution in [1.82, 2.24) is 10.1 Å². The summed E-state index contributed by atoms with van der Waals surface area (Å²) in [6, 6.07) is 6.93. The molecule has 0 saturated heterocycles. The quantitative estimate of drug-likeness (QED) is 0.564. The van der Waals surface area contributed by atoms with E-state index in [1.54, 1.807) is 18.2 Å². The second kappa shape index (κ2) is 7.14. The van der Waals surface area contributed by atoms with Gasteiger partial charge in [-0.15, -0.1) is 11.3 Å². The maximum atomic E-state index is 11.4. The molecule has 24 heavy (non-hydrogen) atoms. The first kappa shape index (κ1) is 16.7. The molecule has 0 aliphatic carbocycles. The second-order valence-electron chi connectivity index (χ2n) is 4.85. The number of halogens is 1. The summed E-state index contributed by atoms with van der Waals surface area (Å²) in [5.41, 5.74) is 0.558. The third-order valence-corrected chi connectivity index (χ3v) is 4.86. The molecule has 0 aliphatic heterocycles. The van der Waals surface area contributed by atoms with Crippen molar-refractivity contribution in [2.24, 2.45) is 0 Å². The highest BCUT2D eigenvalue weighted by molar-refractivity contribution is 9.10. The fourth-order valence-electron chi connectivity index (χ4n) is 1.99. The lowest BCUT2D eigenvalue weighted by Crippen LogP contribution is -2.00. The molecule has 2 aromatic heterocycles. The van der Waals surface area contributed by atoms with E-state index in [0.29, 0.717) is 28.8 Å². The number of ether oxygens (including phenoxy) is 2. The monoisotopic (exact) mass is 408 g/mol. The molecule has 0 atom stereocenters. The minimum Gasteiger partial charge on any atom is -0.493 e. The Kier molecular flexibility index (Phi) is 4.96. The van der Waals surface area contributed by atoms with Crippen LogP contribution in [-0.2, 0) is 6.61 Å². The molecular formula is C16H13BrN2O4S. The van der Waals surface area contributed by atoms with Crippen LogP contribution in [0.5, 0.6) is 11.5 Å². The number of hydrogen-bond donors (Lipinski definition) is 0. The molecule has 2 heterocycles. The van der Waals surface area contributed by atoms with Crippen molar-refractivity contribution in [3.8, 4) is 22.2 Å². The van der Waals surface area contributed by atoms with E-state index in [2.05, 4.69) is 26.1 Å². The summed E-state index contributed by atoms with van der Waals surface area (Å²) in [5.74, 6) is 1.81. The summed E-state index contributed by atoms with van der Waals surface area (Å²) in [6.45, 7) is 1.60. The Bertz CT molecular complexity index is 875. The summed E-state index contributed by atoms with van der Waals surface area (Å²) in [4.78, 5) is 16.6. The first-order chi connectivity index (χ1) is 11.6. The van der Waals surface area contributed by atoms with Gasteiger partial charge in [0.05, 0.1) is 12.0 Å². The molecule has 0 fully saturated rings. The number of aromatic nitrogens is 2. The minimum absolute atomic E-state index is 0.0384. The van der Waals surface area contributed by atoms with Gasteiger partial charge in [0.25, 0.3) is 5.89 Å². The molecule has 0 unspecified atom stereocenters. The average molecular weight is 409 g/mol. The normalized spacial score (nSPS) is 10.6. The number of nitrogens with zero attached hydrogens (tertiary/aromatic N) is 2. The highest BCUT2D eigenvalue weighted by Crippen LogP contribution is 2.30. The van der Waals surface area contributed by atoms with E-state index in [0.717, 1.165) is 9.35 Å². The van der Waals surface area contributed by atoms with Crippen LogP contribution in [-0.4, -0.2) is 23.0 Å². The molecule has 124 valence electrons. The topological polar surface area (TPSA) is 74.5 Å². The summed E-state index contributed by atoms with van der Waals surface area (Å²) >= 11 is 4.91. The predicted molar refractivity (Wildman–Crippen MR) is 92.6 cm³/mol. The van der Waals surface area contributed by atoms with Crippen LogP contribution < -0.4 is 9.47 Å². The molecule has 0 radical (unpaired) electrons. The Balaban J connectivity index is 1.72. The summed E-state index contributed by atoms with van der Waals surface area (Å²) < 4.78 is 17.1. The first-order valence-corrected chi connectivity index (χ1v) is 8.63. The Morgan fingerprint density at radius 2 is 2.17 bits per heavy atom. The van der Waals surface area contributed by atoms with Gasteiger partial charge in [-0.25, -0.2) is 0 Å². The molecule has 8 heteroatoms. The fourth-order valence-corrected chi connectivity index (χ4v) is 3.34. The lowest BCUT2D eigenvalue weighted by molar-refractivity contribution is 0.101. The van der Waals surface area contributed by atoms with Crippen LogP contribution in [0.1, 0.15) is 23.2 Å². The lowest BCUT2D eigenvalue weighted by atomic mass is 10.1. The summed E-state index contributed by atoms with van der Waals surface area (Å²) in [7, 11) is 1.52. The van der Waals surface area contributed by atoms with Crippen LogP contribution in [0.3, 0.4) is 0 Å². The number of carbonyl (C=O) groups is 1. The summed E-state index contributed by atoms with van der Waals surface area (Å²) in [5, 5.41) is 5.89. The zero-order valence-electron chi connectivity index (χ0n) is 12.9. The predicted octanol–water partition coefficient (Wildman–Crippen LogP) is 4.35. The van der Waals surface area contributed by atoms with Crippen molar-refractivity contribution in [1.29, 1.82) is 0 Å². The molecule has 0 N–H and O–H groups in total. The SMILES string of the molecule is COc1cc(C(C)=O)ccc1OCc1nc(-c2cc(Br)cs2)no1. The maximum absolute atomic E-state index is 11.4. The van der Waals surface area contributed by atoms with Gasteiger partial charge < -0.3 is 14.0 Å². The molecule has 6 nitrogen and oxygen atoms in total. The molecule has 0 amide bonds. The smallest absolute Gasteiger partial charge is 0.264 e. The van der Waals surface area contributed by atoms with E-state index in [-0.39, 0.29) is 12.4 Å². The fraction of sp³-hybridized carbons (Fsp3) is 0.188. The van der Waals surface area contributed by atoms with E-state index in [9.17, 15) is 4.79 Å². The van der Waals surface area contributed by atoms with E-state index < -0.39 is 0 Å². The Labute approximate surface area is 150 Å². The maximum Gasteiger partial charge on any atom is 0.264 e. The minimum atomic E-state index is -0.0384. The highest BCUT2D eigenvalue weighted by atomic mass is 79.9. The molecule has 1 aromatic carbocycles. The van der Waals surface area contributed by atoms with Crippen LogP contribution in [0, 0.1) is 0 Å². The number of Topliss-reactive ketones (excluding diaryl/α,β-unsaturated/α-hetero) is 1. The van der Waals surface area contributed by atoms with E-state index in [4.69, 9.17) is 14.0 Å². The van der Waals surface area contributed by atoms with Crippen LogP contribution in [0.25, 0.3) is 10.7 Å². The van der Waals surface area contributed by atoms with Crippen molar-refractivity contribution in [3.63, 3.8) is 0 Å². The van der Waals surface area contributed by atoms with E-state index in [1.165, 1.54) is 25.4 Å². The number of hydrogen-bond acceptors (Lipinski definition) is 7. The number of carbonyl (C=O) groups excluding carboxylic acids is 1. The van der Waals surface area contributed by atoms with E-state index >= 15 is 0 Å². The standard InChI is InChI=1S/C16H13BrN2O4S/c1-9(20)10-3-4-12(13(5-10)21-2)22-7-15-18-16(19-23-15)14-6-11(17)8-24-14/h3-6,8H,7H2,1-2H3. The van der Waals surface area contributed by atoms with Crippen molar-refractivity contribution < 1.29 is 18.8 Å². The van der Waals surface area contributed by atoms with E-state index in [1.807, 2.05) is 11.4 Å². The summed E-state index contributed by atoms with van der Waals surface area (Å²) in [6.07, 6.45) is 0. The lowest BCUT2D eigenvalue weighted by Gasteiger charge is -2.09. The Morgan fingerprint density at radius 1 is 1.33 bits per heavy atom. The van der Waals surface area contributed by atoms with Gasteiger partial charge in [0, 0.05) is 15.4 Å². The molecule has 0 bridgehead atoms. The second-order valence-corrected chi connectivity index (χ2v) is 6.68. The van der Waals surface area contributed by atoms with Gasteiger partial charge in [0.15, 0.2) is 23.9 Å². The molecule has 0 saturated carbocycles. The molecule has 3 aromatic rings. The third kappa shape index (κ3) is 3.65. The van der Waals surface area contributed by atoms with Gasteiger partial charge in [0.2, 0.25) is 5.82 Å². The van der Waals surface area contributed by atoms with Gasteiger partial charge in [-0.2, -0.15) is 4.98 Å². The first-order valence-electron chi connectivity index (χ1n) is 6.95. The zero-order chi connectivity index (χ0) is 17.1. The van der Waals surface area contributed by atoms with Gasteiger partial charge in [-0.3, -0.25) is 4.79 Å². The molecule has 0 spiro atoms. The number of rotatable bonds is 6. The van der Waals surface area contributed by atoms with Crippen LogP contribution in [0.2, 0.25) is 0 Å². The Morgan fingerprint density at radius 3 is 2.83 bits per heavy atom. The van der Waals surface area contributed by atoms with Gasteiger partial charge in [-0.05, 0) is 47.1 Å². The van der Waals surface area contributed by atoms with Crippen LogP contribution in [0.15, 0.2) is 38.6 Å². The molecular weight excluding hydrogens is 396 g/mol. The van der Waals surface area contributed by atoms with Crippen molar-refractivity contribution in [3.05, 3.63) is 45.6 Å². The number of benzene rings is 1. The number of methoxy groups -OCH3 is 1. The van der Waals surface area contributed by atoms with Gasteiger partial charge in [-0.1, -0.05) is 5.16 Å².